The number of benzene rings is 3. The summed E-state index contributed by atoms with van der Waals surface area (Å²) >= 11 is 0. The van der Waals surface area contributed by atoms with Gasteiger partial charge in [-0.05, 0) is 43.2 Å². The van der Waals surface area contributed by atoms with Crippen molar-refractivity contribution in [1.82, 2.24) is 0 Å². The van der Waals surface area contributed by atoms with Gasteiger partial charge in [-0.25, -0.2) is 0 Å². The third-order valence-electron chi connectivity index (χ3n) is 5.20. The molecule has 0 amide bonds. The predicted octanol–water partition coefficient (Wildman–Crippen LogP) is 4.85. The summed E-state index contributed by atoms with van der Waals surface area (Å²) in [4.78, 5) is 0.106. The molecule has 1 unspecified atom stereocenters. The normalized spacial score (nSPS) is 15.1. The van der Waals surface area contributed by atoms with E-state index in [2.05, 4.69) is 6.58 Å². The summed E-state index contributed by atoms with van der Waals surface area (Å²) in [7, 11) is -3.90. The lowest BCUT2D eigenvalue weighted by atomic mass is 10.1. The zero-order chi connectivity index (χ0) is 23.3. The number of ether oxygens (including phenoxy) is 3. The summed E-state index contributed by atoms with van der Waals surface area (Å²) in [6.45, 7) is 6.14. The van der Waals surface area contributed by atoms with E-state index < -0.39 is 16.2 Å². The van der Waals surface area contributed by atoms with Crippen LogP contribution in [0.15, 0.2) is 84.3 Å². The lowest BCUT2D eigenvalue weighted by molar-refractivity contribution is 0.0541. The van der Waals surface area contributed by atoms with Crippen molar-refractivity contribution in [3.63, 3.8) is 0 Å². The van der Waals surface area contributed by atoms with E-state index in [1.807, 2.05) is 43.3 Å². The first-order chi connectivity index (χ1) is 16.0. The Morgan fingerprint density at radius 3 is 2.55 bits per heavy atom. The van der Waals surface area contributed by atoms with Gasteiger partial charge in [0.2, 0.25) is 0 Å². The van der Waals surface area contributed by atoms with Gasteiger partial charge in [-0.3, -0.25) is 4.18 Å². The van der Waals surface area contributed by atoms with Crippen LogP contribution in [0.5, 0.6) is 17.2 Å². The highest BCUT2D eigenvalue weighted by Gasteiger charge is 2.28. The highest BCUT2D eigenvalue weighted by molar-refractivity contribution is 7.86. The molecule has 0 saturated heterocycles. The Morgan fingerprint density at radius 1 is 1.06 bits per heavy atom. The smallest absolute Gasteiger partial charge is 0.297 e. The van der Waals surface area contributed by atoms with Crippen LogP contribution in [-0.2, 0) is 27.3 Å². The molecule has 7 heteroatoms. The Balaban J connectivity index is 1.48. The molecular weight excluding hydrogens is 440 g/mol. The Kier molecular flexibility index (Phi) is 7.01. The third kappa shape index (κ3) is 5.56. The average molecular weight is 467 g/mol. The molecule has 0 aromatic heterocycles. The summed E-state index contributed by atoms with van der Waals surface area (Å²) in [6, 6.07) is 20.0. The van der Waals surface area contributed by atoms with Crippen molar-refractivity contribution in [2.24, 2.45) is 0 Å². The average Bonchev–Trinajstić information content (AvgIpc) is 2.83. The maximum atomic E-state index is 12.5. The number of hydrogen-bond acceptors (Lipinski definition) is 6. The van der Waals surface area contributed by atoms with Crippen LogP contribution in [0.1, 0.15) is 16.7 Å². The van der Waals surface area contributed by atoms with Crippen molar-refractivity contribution < 1.29 is 26.8 Å². The van der Waals surface area contributed by atoms with E-state index in [4.69, 9.17) is 18.4 Å². The monoisotopic (exact) mass is 466 g/mol. The number of aryl methyl sites for hydroxylation is 1. The third-order valence-corrected chi connectivity index (χ3v) is 6.49. The van der Waals surface area contributed by atoms with Crippen LogP contribution in [-0.4, -0.2) is 27.7 Å². The van der Waals surface area contributed by atoms with E-state index in [0.29, 0.717) is 30.3 Å². The fourth-order valence-electron chi connectivity index (χ4n) is 3.44. The second kappa shape index (κ2) is 10.1. The SMILES string of the molecule is C=CCc1c(OCc2ccccc2)ccc2c1OC(COS(=O)(=O)c1ccc(C)cc1)CO2. The van der Waals surface area contributed by atoms with Gasteiger partial charge in [-0.1, -0.05) is 54.1 Å². The molecule has 0 aliphatic carbocycles. The number of hydrogen-bond donors (Lipinski definition) is 0. The van der Waals surface area contributed by atoms with E-state index in [0.717, 1.165) is 16.7 Å². The first-order valence-electron chi connectivity index (χ1n) is 10.7. The molecule has 0 N–H and O–H groups in total. The van der Waals surface area contributed by atoms with Crippen LogP contribution in [0.4, 0.5) is 0 Å². The highest BCUT2D eigenvalue weighted by Crippen LogP contribution is 2.41. The van der Waals surface area contributed by atoms with Crippen molar-refractivity contribution in [3.05, 3.63) is 96.1 Å². The van der Waals surface area contributed by atoms with Crippen molar-refractivity contribution in [3.8, 4) is 17.2 Å². The van der Waals surface area contributed by atoms with Crippen molar-refractivity contribution in [2.75, 3.05) is 13.2 Å². The first-order valence-corrected chi connectivity index (χ1v) is 12.1. The zero-order valence-electron chi connectivity index (χ0n) is 18.4. The number of rotatable bonds is 9. The summed E-state index contributed by atoms with van der Waals surface area (Å²) in [5.41, 5.74) is 2.81. The molecule has 0 spiro atoms. The molecular formula is C26H26O6S. The second-order valence-electron chi connectivity index (χ2n) is 7.74. The maximum absolute atomic E-state index is 12.5. The lowest BCUT2D eigenvalue weighted by Gasteiger charge is -2.28. The van der Waals surface area contributed by atoms with Gasteiger partial charge in [-0.2, -0.15) is 8.42 Å². The summed E-state index contributed by atoms with van der Waals surface area (Å²) in [6.07, 6.45) is 1.67. The molecule has 0 fully saturated rings. The van der Waals surface area contributed by atoms with E-state index >= 15 is 0 Å². The van der Waals surface area contributed by atoms with Gasteiger partial charge in [0.25, 0.3) is 10.1 Å². The molecule has 1 atom stereocenters. The minimum absolute atomic E-state index is 0.106. The van der Waals surface area contributed by atoms with Gasteiger partial charge < -0.3 is 14.2 Å². The Morgan fingerprint density at radius 2 is 1.82 bits per heavy atom. The van der Waals surface area contributed by atoms with E-state index in [9.17, 15) is 8.42 Å². The molecule has 33 heavy (non-hydrogen) atoms. The number of allylic oxidation sites excluding steroid dienone is 1. The summed E-state index contributed by atoms with van der Waals surface area (Å²) in [5.74, 6) is 1.76. The van der Waals surface area contributed by atoms with Gasteiger partial charge in [-0.15, -0.1) is 6.58 Å². The lowest BCUT2D eigenvalue weighted by Crippen LogP contribution is -2.34. The molecule has 1 aliphatic heterocycles. The summed E-state index contributed by atoms with van der Waals surface area (Å²) in [5, 5.41) is 0. The molecule has 1 aliphatic rings. The van der Waals surface area contributed by atoms with Crippen molar-refractivity contribution in [1.29, 1.82) is 0 Å². The van der Waals surface area contributed by atoms with E-state index in [-0.39, 0.29) is 18.1 Å². The quantitative estimate of drug-likeness (QED) is 0.332. The first kappa shape index (κ1) is 22.9. The van der Waals surface area contributed by atoms with Crippen LogP contribution in [0.2, 0.25) is 0 Å². The molecule has 3 aromatic rings. The van der Waals surface area contributed by atoms with E-state index in [1.165, 1.54) is 12.1 Å². The molecule has 6 nitrogen and oxygen atoms in total. The van der Waals surface area contributed by atoms with Crippen LogP contribution < -0.4 is 14.2 Å². The van der Waals surface area contributed by atoms with Gasteiger partial charge in [0, 0.05) is 5.56 Å². The van der Waals surface area contributed by atoms with Gasteiger partial charge in [0.1, 0.15) is 25.6 Å². The highest BCUT2D eigenvalue weighted by atomic mass is 32.2. The van der Waals surface area contributed by atoms with Gasteiger partial charge in [0.15, 0.2) is 17.6 Å². The maximum Gasteiger partial charge on any atom is 0.297 e. The molecule has 0 bridgehead atoms. The molecule has 172 valence electrons. The fourth-order valence-corrected chi connectivity index (χ4v) is 4.38. The van der Waals surface area contributed by atoms with Crippen LogP contribution in [0.25, 0.3) is 0 Å². The van der Waals surface area contributed by atoms with Crippen LogP contribution >= 0.6 is 0 Å². The Bertz CT molecular complexity index is 1200. The van der Waals surface area contributed by atoms with Gasteiger partial charge >= 0.3 is 0 Å². The van der Waals surface area contributed by atoms with Crippen molar-refractivity contribution in [2.45, 2.75) is 31.0 Å². The minimum Gasteiger partial charge on any atom is -0.488 e. The van der Waals surface area contributed by atoms with Crippen LogP contribution in [0.3, 0.4) is 0 Å². The zero-order valence-corrected chi connectivity index (χ0v) is 19.2. The standard InChI is InChI=1S/C26H26O6S/c1-3-7-23-24(29-16-20-8-5-4-6-9-20)14-15-25-26(23)32-21(17-30-25)18-31-33(27,28)22-12-10-19(2)11-13-22/h3-6,8-15,21H,1,7,16-18H2,2H3. The van der Waals surface area contributed by atoms with E-state index in [1.54, 1.807) is 24.3 Å². The summed E-state index contributed by atoms with van der Waals surface area (Å²) < 4.78 is 48.3. The molecule has 4 rings (SSSR count). The Labute approximate surface area is 194 Å². The topological polar surface area (TPSA) is 71.1 Å². The predicted molar refractivity (Wildman–Crippen MR) is 125 cm³/mol. The van der Waals surface area contributed by atoms with Gasteiger partial charge in [0.05, 0.1) is 4.90 Å². The Hall–Kier alpha value is -3.29. The number of fused-ring (bicyclic) bond motifs is 1. The largest absolute Gasteiger partial charge is 0.488 e. The fraction of sp³-hybridized carbons (Fsp3) is 0.231. The van der Waals surface area contributed by atoms with Crippen molar-refractivity contribution >= 4 is 10.1 Å². The molecule has 1 heterocycles. The molecule has 3 aromatic carbocycles. The second-order valence-corrected chi connectivity index (χ2v) is 9.35. The minimum atomic E-state index is -3.90. The molecule has 0 saturated carbocycles. The van der Waals surface area contributed by atoms with Crippen LogP contribution in [0, 0.1) is 6.92 Å². The molecule has 0 radical (unpaired) electrons.